The lowest BCUT2D eigenvalue weighted by Gasteiger charge is -2.26. The number of carbonyl (C=O) groups excluding carboxylic acids is 1. The van der Waals surface area contributed by atoms with Gasteiger partial charge in [-0.15, -0.1) is 0 Å². The summed E-state index contributed by atoms with van der Waals surface area (Å²) >= 11 is 0. The van der Waals surface area contributed by atoms with E-state index in [0.29, 0.717) is 18.1 Å². The average molecular weight is 344 g/mol. The smallest absolute Gasteiger partial charge is 0.298 e. The molecule has 0 spiro atoms. The van der Waals surface area contributed by atoms with Crippen LogP contribution in [0.15, 0.2) is 12.1 Å². The first kappa shape index (κ1) is 20.0. The Kier molecular flexibility index (Phi) is 9.69. The van der Waals surface area contributed by atoms with Gasteiger partial charge < -0.3 is 4.74 Å². The maximum atomic E-state index is 10.9. The van der Waals surface area contributed by atoms with Gasteiger partial charge in [0.05, 0.1) is 0 Å². The summed E-state index contributed by atoms with van der Waals surface area (Å²) in [6.07, 6.45) is 18.2. The molecule has 0 aromatic heterocycles. The summed E-state index contributed by atoms with van der Waals surface area (Å²) in [6, 6.07) is 7.27. The van der Waals surface area contributed by atoms with Crippen molar-refractivity contribution in [1.29, 1.82) is 0 Å². The van der Waals surface area contributed by atoms with E-state index in [2.05, 4.69) is 19.1 Å². The molecule has 2 heteroatoms. The standard InChI is InChI=1S/C23H35O2/c1-2-3-4-5-6-7-8-10-14-21-17-13-18-22(25-19-24)23(21)20-15-11-9-12-16-20/h13,17,19-20H,2-12,14-16H2,1H3. The van der Waals surface area contributed by atoms with Crippen LogP contribution in [0.25, 0.3) is 0 Å². The van der Waals surface area contributed by atoms with E-state index in [4.69, 9.17) is 4.74 Å². The third-order valence-corrected chi connectivity index (χ3v) is 5.57. The van der Waals surface area contributed by atoms with Crippen LogP contribution in [-0.2, 0) is 11.2 Å². The number of hydrogen-bond donors (Lipinski definition) is 0. The van der Waals surface area contributed by atoms with E-state index in [0.717, 1.165) is 6.42 Å². The lowest BCUT2D eigenvalue weighted by atomic mass is 9.80. The minimum Gasteiger partial charge on any atom is -0.428 e. The fourth-order valence-electron chi connectivity index (χ4n) is 4.18. The molecule has 2 rings (SSSR count). The maximum Gasteiger partial charge on any atom is 0.298 e. The van der Waals surface area contributed by atoms with E-state index in [-0.39, 0.29) is 0 Å². The van der Waals surface area contributed by atoms with Gasteiger partial charge in [0.1, 0.15) is 5.75 Å². The second-order valence-corrected chi connectivity index (χ2v) is 7.52. The minimum atomic E-state index is 0.546. The van der Waals surface area contributed by atoms with Crippen LogP contribution >= 0.6 is 0 Å². The van der Waals surface area contributed by atoms with E-state index in [1.54, 1.807) is 0 Å². The van der Waals surface area contributed by atoms with Crippen LogP contribution < -0.4 is 4.74 Å². The van der Waals surface area contributed by atoms with Crippen LogP contribution in [0.4, 0.5) is 0 Å². The highest BCUT2D eigenvalue weighted by molar-refractivity contribution is 5.51. The van der Waals surface area contributed by atoms with Crippen molar-refractivity contribution in [3.63, 3.8) is 0 Å². The lowest BCUT2D eigenvalue weighted by molar-refractivity contribution is -0.120. The monoisotopic (exact) mass is 343 g/mol. The fraction of sp³-hybridized carbons (Fsp3) is 0.696. The first-order valence-electron chi connectivity index (χ1n) is 10.5. The molecule has 139 valence electrons. The largest absolute Gasteiger partial charge is 0.428 e. The van der Waals surface area contributed by atoms with Gasteiger partial charge in [-0.25, -0.2) is 0 Å². The van der Waals surface area contributed by atoms with E-state index in [1.165, 1.54) is 94.6 Å². The summed E-state index contributed by atoms with van der Waals surface area (Å²) in [5, 5.41) is 0. The van der Waals surface area contributed by atoms with E-state index < -0.39 is 0 Å². The Morgan fingerprint density at radius 2 is 1.72 bits per heavy atom. The minimum absolute atomic E-state index is 0.546. The topological polar surface area (TPSA) is 26.3 Å². The van der Waals surface area contributed by atoms with Gasteiger partial charge in [0, 0.05) is 11.6 Å². The lowest BCUT2D eigenvalue weighted by Crippen LogP contribution is -2.10. The Morgan fingerprint density at radius 3 is 2.40 bits per heavy atom. The molecule has 1 radical (unpaired) electrons. The maximum absolute atomic E-state index is 10.9. The highest BCUT2D eigenvalue weighted by Crippen LogP contribution is 2.39. The predicted molar refractivity (Wildman–Crippen MR) is 104 cm³/mol. The summed E-state index contributed by atoms with van der Waals surface area (Å²) in [5.74, 6) is 1.23. The zero-order chi connectivity index (χ0) is 17.7. The Labute approximate surface area is 154 Å². The molecular formula is C23H35O2. The molecule has 0 bridgehead atoms. The number of ether oxygens (including phenoxy) is 1. The molecular weight excluding hydrogens is 308 g/mol. The molecule has 0 aliphatic heterocycles. The molecule has 0 amide bonds. The van der Waals surface area contributed by atoms with Gasteiger partial charge in [0.15, 0.2) is 0 Å². The molecule has 1 aromatic rings. The van der Waals surface area contributed by atoms with Crippen molar-refractivity contribution >= 4 is 6.47 Å². The molecule has 0 unspecified atom stereocenters. The van der Waals surface area contributed by atoms with Crippen LogP contribution in [0.2, 0.25) is 0 Å². The van der Waals surface area contributed by atoms with Crippen molar-refractivity contribution in [1.82, 2.24) is 0 Å². The normalized spacial score (nSPS) is 15.2. The predicted octanol–water partition coefficient (Wildman–Crippen LogP) is 6.75. The second kappa shape index (κ2) is 12.1. The Balaban J connectivity index is 1.88. The van der Waals surface area contributed by atoms with Gasteiger partial charge >= 0.3 is 0 Å². The molecule has 0 atom stereocenters. The number of benzene rings is 1. The van der Waals surface area contributed by atoms with Gasteiger partial charge in [0.25, 0.3) is 6.47 Å². The Bertz CT molecular complexity index is 489. The van der Waals surface area contributed by atoms with Gasteiger partial charge in [-0.05, 0) is 37.2 Å². The summed E-state index contributed by atoms with van der Waals surface area (Å²) in [6.45, 7) is 2.82. The molecule has 0 saturated heterocycles. The highest BCUT2D eigenvalue weighted by Gasteiger charge is 2.22. The number of aryl methyl sites for hydroxylation is 1. The van der Waals surface area contributed by atoms with Crippen molar-refractivity contribution < 1.29 is 9.53 Å². The van der Waals surface area contributed by atoms with E-state index in [9.17, 15) is 4.79 Å². The second-order valence-electron chi connectivity index (χ2n) is 7.52. The number of rotatable bonds is 12. The molecule has 1 aliphatic carbocycles. The zero-order valence-electron chi connectivity index (χ0n) is 16.0. The zero-order valence-corrected chi connectivity index (χ0v) is 16.0. The highest BCUT2D eigenvalue weighted by atomic mass is 16.5. The van der Waals surface area contributed by atoms with Crippen LogP contribution in [0.1, 0.15) is 107 Å². The average Bonchev–Trinajstić information content (AvgIpc) is 2.65. The third kappa shape index (κ3) is 6.84. The first-order valence-corrected chi connectivity index (χ1v) is 10.5. The summed E-state index contributed by atoms with van der Waals surface area (Å²) in [4.78, 5) is 10.9. The van der Waals surface area contributed by atoms with Crippen molar-refractivity contribution in [2.75, 3.05) is 0 Å². The van der Waals surface area contributed by atoms with Crippen molar-refractivity contribution in [2.45, 2.75) is 103 Å². The van der Waals surface area contributed by atoms with Gasteiger partial charge in [-0.3, -0.25) is 4.79 Å². The van der Waals surface area contributed by atoms with Crippen molar-refractivity contribution in [3.8, 4) is 5.75 Å². The Morgan fingerprint density at radius 1 is 1.04 bits per heavy atom. The molecule has 25 heavy (non-hydrogen) atoms. The fourth-order valence-corrected chi connectivity index (χ4v) is 4.18. The SMILES string of the molecule is CCCCCCCCCCc1cc[c]c(OC=O)c1C1CCCCC1. The van der Waals surface area contributed by atoms with E-state index >= 15 is 0 Å². The third-order valence-electron chi connectivity index (χ3n) is 5.57. The summed E-state index contributed by atoms with van der Waals surface area (Å²) in [7, 11) is 0. The van der Waals surface area contributed by atoms with E-state index in [1.807, 2.05) is 6.07 Å². The molecule has 1 aliphatic rings. The van der Waals surface area contributed by atoms with Crippen LogP contribution in [0.5, 0.6) is 5.75 Å². The molecule has 1 fully saturated rings. The number of hydrogen-bond acceptors (Lipinski definition) is 2. The molecule has 1 aromatic carbocycles. The molecule has 0 heterocycles. The quantitative estimate of drug-likeness (QED) is 0.310. The van der Waals surface area contributed by atoms with Crippen molar-refractivity contribution in [3.05, 3.63) is 29.3 Å². The van der Waals surface area contributed by atoms with Crippen LogP contribution in [-0.4, -0.2) is 6.47 Å². The number of carbonyl (C=O) groups is 1. The molecule has 1 saturated carbocycles. The summed E-state index contributed by atoms with van der Waals surface area (Å²) in [5.41, 5.74) is 2.66. The molecule has 2 nitrogen and oxygen atoms in total. The number of unbranched alkanes of at least 4 members (excludes halogenated alkanes) is 7. The molecule has 0 N–H and O–H groups in total. The first-order chi connectivity index (χ1) is 12.4. The Hall–Kier alpha value is -1.31. The van der Waals surface area contributed by atoms with Gasteiger partial charge in [0.2, 0.25) is 0 Å². The van der Waals surface area contributed by atoms with Gasteiger partial charge in [-0.1, -0.05) is 83.3 Å². The van der Waals surface area contributed by atoms with Crippen LogP contribution in [0, 0.1) is 6.07 Å². The summed E-state index contributed by atoms with van der Waals surface area (Å²) < 4.78 is 5.28. The van der Waals surface area contributed by atoms with Gasteiger partial charge in [-0.2, -0.15) is 0 Å². The van der Waals surface area contributed by atoms with Crippen molar-refractivity contribution in [2.24, 2.45) is 0 Å². The van der Waals surface area contributed by atoms with Crippen LogP contribution in [0.3, 0.4) is 0 Å².